The largest absolute Gasteiger partial charge is 0.496 e. The minimum atomic E-state index is -0.655. The number of ether oxygens (including phenoxy) is 3. The number of carbonyl (C=O) groups excluding carboxylic acids is 2. The van der Waals surface area contributed by atoms with E-state index in [9.17, 15) is 9.59 Å². The summed E-state index contributed by atoms with van der Waals surface area (Å²) >= 11 is 0. The van der Waals surface area contributed by atoms with Crippen molar-refractivity contribution in [2.24, 2.45) is 0 Å². The molecule has 0 spiro atoms. The molecule has 1 saturated heterocycles. The summed E-state index contributed by atoms with van der Waals surface area (Å²) < 4.78 is 17.1. The molecule has 0 saturated carbocycles. The Morgan fingerprint density at radius 1 is 1.18 bits per heavy atom. The summed E-state index contributed by atoms with van der Waals surface area (Å²) in [5.41, 5.74) is 9.62. The highest BCUT2D eigenvalue weighted by molar-refractivity contribution is 8.76. The zero-order chi connectivity index (χ0) is 27.4. The summed E-state index contributed by atoms with van der Waals surface area (Å²) in [6, 6.07) is 16.4. The Morgan fingerprint density at radius 2 is 2.00 bits per heavy atom. The molecule has 9 nitrogen and oxygen atoms in total. The van der Waals surface area contributed by atoms with Crippen molar-refractivity contribution in [2.45, 2.75) is 30.6 Å². The zero-order valence-corrected chi connectivity index (χ0v) is 23.4. The number of nitrogen functional groups attached to an aromatic ring is 1. The number of hydrogen-bond donors (Lipinski definition) is 1. The predicted octanol–water partition coefficient (Wildman–Crippen LogP) is 4.79. The summed E-state index contributed by atoms with van der Waals surface area (Å²) in [5, 5.41) is 0.902. The maximum atomic E-state index is 14.0. The SMILES string of the molecule is COc1cc(C(=O)N2c3ccccc3C[C@H]2C2OCCN2C(=O)OCCSSc2ccccn2)c(N)cc1C. The molecule has 2 amide bonds. The molecule has 0 radical (unpaired) electrons. The summed E-state index contributed by atoms with van der Waals surface area (Å²) in [4.78, 5) is 34.6. The van der Waals surface area contributed by atoms with Gasteiger partial charge in [-0.25, -0.2) is 9.78 Å². The lowest BCUT2D eigenvalue weighted by Crippen LogP contribution is -2.52. The molecule has 39 heavy (non-hydrogen) atoms. The van der Waals surface area contributed by atoms with E-state index >= 15 is 0 Å². The van der Waals surface area contributed by atoms with Crippen LogP contribution < -0.4 is 15.4 Å². The first-order valence-electron chi connectivity index (χ1n) is 12.6. The monoisotopic (exact) mass is 566 g/mol. The quantitative estimate of drug-likeness (QED) is 0.234. The number of rotatable bonds is 8. The number of para-hydroxylation sites is 1. The number of fused-ring (bicyclic) bond motifs is 1. The van der Waals surface area contributed by atoms with Crippen molar-refractivity contribution in [3.05, 3.63) is 77.5 Å². The van der Waals surface area contributed by atoms with Crippen LogP contribution in [0.25, 0.3) is 0 Å². The van der Waals surface area contributed by atoms with Crippen molar-refractivity contribution in [1.82, 2.24) is 9.88 Å². The fourth-order valence-electron chi connectivity index (χ4n) is 4.89. The van der Waals surface area contributed by atoms with Crippen LogP contribution >= 0.6 is 21.6 Å². The first kappa shape index (κ1) is 27.2. The van der Waals surface area contributed by atoms with Crippen molar-refractivity contribution in [3.63, 3.8) is 0 Å². The second kappa shape index (κ2) is 12.2. The van der Waals surface area contributed by atoms with Gasteiger partial charge in [0.2, 0.25) is 0 Å². The molecule has 0 aliphatic carbocycles. The Balaban J connectivity index is 1.30. The van der Waals surface area contributed by atoms with E-state index in [1.807, 2.05) is 49.4 Å². The number of aromatic nitrogens is 1. The lowest BCUT2D eigenvalue weighted by Gasteiger charge is -2.33. The lowest BCUT2D eigenvalue weighted by molar-refractivity contribution is 0.00984. The molecular weight excluding hydrogens is 536 g/mol. The van der Waals surface area contributed by atoms with Gasteiger partial charge in [-0.05, 0) is 65.6 Å². The van der Waals surface area contributed by atoms with E-state index in [0.717, 1.165) is 21.8 Å². The highest BCUT2D eigenvalue weighted by atomic mass is 33.1. The minimum absolute atomic E-state index is 0.250. The van der Waals surface area contributed by atoms with Gasteiger partial charge in [-0.15, -0.1) is 0 Å². The molecule has 1 aromatic heterocycles. The second-order valence-corrected chi connectivity index (χ2v) is 11.6. The Bertz CT molecular complexity index is 1340. The van der Waals surface area contributed by atoms with Crippen molar-refractivity contribution in [2.75, 3.05) is 43.3 Å². The molecule has 2 aliphatic rings. The van der Waals surface area contributed by atoms with E-state index in [-0.39, 0.29) is 12.5 Å². The molecule has 2 aliphatic heterocycles. The van der Waals surface area contributed by atoms with E-state index in [1.165, 1.54) is 10.8 Å². The Labute approximate surface area is 235 Å². The molecule has 3 heterocycles. The van der Waals surface area contributed by atoms with Crippen LogP contribution in [-0.4, -0.2) is 66.8 Å². The van der Waals surface area contributed by atoms with Crippen molar-refractivity contribution >= 4 is 45.0 Å². The Morgan fingerprint density at radius 3 is 2.79 bits per heavy atom. The molecule has 2 N–H and O–H groups in total. The lowest BCUT2D eigenvalue weighted by atomic mass is 10.1. The number of anilines is 2. The van der Waals surface area contributed by atoms with Gasteiger partial charge >= 0.3 is 6.09 Å². The molecule has 0 bridgehead atoms. The fourth-order valence-corrected chi connectivity index (χ4v) is 6.60. The maximum absolute atomic E-state index is 14.0. The van der Waals surface area contributed by atoms with Crippen molar-refractivity contribution in [3.8, 4) is 5.75 Å². The molecule has 204 valence electrons. The van der Waals surface area contributed by atoms with E-state index in [1.54, 1.807) is 46.0 Å². The first-order chi connectivity index (χ1) is 19.0. The Hall–Kier alpha value is -3.41. The van der Waals surface area contributed by atoms with Gasteiger partial charge in [0.1, 0.15) is 17.4 Å². The predicted molar refractivity (Wildman–Crippen MR) is 153 cm³/mol. The number of pyridine rings is 1. The number of nitrogens with two attached hydrogens (primary N) is 1. The number of aryl methyl sites for hydroxylation is 1. The number of benzene rings is 2. The van der Waals surface area contributed by atoms with Crippen LogP contribution in [0.15, 0.2) is 65.8 Å². The van der Waals surface area contributed by atoms with Crippen LogP contribution in [0.1, 0.15) is 21.5 Å². The van der Waals surface area contributed by atoms with Crippen LogP contribution in [0.2, 0.25) is 0 Å². The maximum Gasteiger partial charge on any atom is 0.412 e. The van der Waals surface area contributed by atoms with Gasteiger partial charge in [0.25, 0.3) is 5.91 Å². The molecule has 5 rings (SSSR count). The van der Waals surface area contributed by atoms with E-state index in [0.29, 0.717) is 42.3 Å². The standard InChI is InChI=1S/C28H30N4O5S2/c1-18-15-21(29)20(17-24(18)35-2)26(33)32-22-8-4-3-7-19(22)16-23(32)27-31(11-12-36-27)28(34)37-13-14-38-39-25-9-5-6-10-30-25/h3-10,15,17,23,27H,11-14,16,29H2,1-2H3/t23-,27?/m0/s1. The van der Waals surface area contributed by atoms with Crippen LogP contribution in [0.3, 0.4) is 0 Å². The summed E-state index contributed by atoms with van der Waals surface area (Å²) in [7, 11) is 4.67. The summed E-state index contributed by atoms with van der Waals surface area (Å²) in [5.74, 6) is 0.922. The Kier molecular flexibility index (Phi) is 8.49. The minimum Gasteiger partial charge on any atom is -0.496 e. The van der Waals surface area contributed by atoms with Gasteiger partial charge in [0, 0.05) is 23.3 Å². The van der Waals surface area contributed by atoms with E-state index in [2.05, 4.69) is 4.98 Å². The third kappa shape index (κ3) is 5.80. The van der Waals surface area contributed by atoms with Crippen LogP contribution in [-0.2, 0) is 15.9 Å². The third-order valence-electron chi connectivity index (χ3n) is 6.69. The van der Waals surface area contributed by atoms with Crippen LogP contribution in [0.5, 0.6) is 5.75 Å². The number of nitrogens with zero attached hydrogens (tertiary/aromatic N) is 3. The number of hydrogen-bond acceptors (Lipinski definition) is 9. The van der Waals surface area contributed by atoms with Gasteiger partial charge in [0.15, 0.2) is 6.23 Å². The smallest absolute Gasteiger partial charge is 0.412 e. The van der Waals surface area contributed by atoms with Crippen LogP contribution in [0, 0.1) is 6.92 Å². The van der Waals surface area contributed by atoms with Crippen molar-refractivity contribution in [1.29, 1.82) is 0 Å². The highest BCUT2D eigenvalue weighted by Gasteiger charge is 2.46. The molecule has 3 aromatic rings. The topological polar surface area (TPSA) is 107 Å². The molecule has 1 fully saturated rings. The fraction of sp³-hybridized carbons (Fsp3) is 0.321. The first-order valence-corrected chi connectivity index (χ1v) is 14.9. The van der Waals surface area contributed by atoms with Crippen LogP contribution in [0.4, 0.5) is 16.2 Å². The summed E-state index contributed by atoms with van der Waals surface area (Å²) in [6.07, 6.45) is 1.17. The molecule has 2 atom stereocenters. The summed E-state index contributed by atoms with van der Waals surface area (Å²) in [6.45, 7) is 2.87. The van der Waals surface area contributed by atoms with Crippen molar-refractivity contribution < 1.29 is 23.8 Å². The number of carbonyl (C=O) groups is 2. The average Bonchev–Trinajstić information content (AvgIpc) is 3.58. The molecule has 2 aromatic carbocycles. The van der Waals surface area contributed by atoms with E-state index < -0.39 is 18.4 Å². The normalized spacial score (nSPS) is 18.2. The van der Waals surface area contributed by atoms with Gasteiger partial charge in [0.05, 0.1) is 31.9 Å². The molecular formula is C28H30N4O5S2. The van der Waals surface area contributed by atoms with E-state index in [4.69, 9.17) is 19.9 Å². The third-order valence-corrected chi connectivity index (χ3v) is 8.92. The van der Waals surface area contributed by atoms with Gasteiger partial charge in [-0.1, -0.05) is 35.1 Å². The average molecular weight is 567 g/mol. The number of amides is 2. The second-order valence-electron chi connectivity index (χ2n) is 9.13. The zero-order valence-electron chi connectivity index (χ0n) is 21.7. The molecule has 1 unspecified atom stereocenters. The highest BCUT2D eigenvalue weighted by Crippen LogP contribution is 2.38. The van der Waals surface area contributed by atoms with Gasteiger partial charge in [-0.3, -0.25) is 9.69 Å². The molecule has 11 heteroatoms. The van der Waals surface area contributed by atoms with Gasteiger partial charge < -0.3 is 24.8 Å². The van der Waals surface area contributed by atoms with Gasteiger partial charge in [-0.2, -0.15) is 0 Å². The number of methoxy groups -OCH3 is 1.